The summed E-state index contributed by atoms with van der Waals surface area (Å²) in [4.78, 5) is 22.5. The Balaban J connectivity index is 0.00000156. The highest BCUT2D eigenvalue weighted by Crippen LogP contribution is 2.39. The maximum Gasteiger partial charge on any atom is 0.280 e. The van der Waals surface area contributed by atoms with Crippen LogP contribution in [0.2, 0.25) is 0 Å². The standard InChI is InChI=1S/C16H17N5O.ClH/c17-16-19-14-13(15(22)20-16)18-9-21(14)8-7-10-1-3-11(4-2-10)12-5-6-12;/h1-4,9,12H,5-8H2,(H3,17,19,20,22);1H. The van der Waals surface area contributed by atoms with Gasteiger partial charge in [0, 0.05) is 6.54 Å². The van der Waals surface area contributed by atoms with E-state index in [4.69, 9.17) is 5.73 Å². The Bertz CT molecular complexity index is 880. The van der Waals surface area contributed by atoms with E-state index in [-0.39, 0.29) is 23.9 Å². The summed E-state index contributed by atoms with van der Waals surface area (Å²) in [6.07, 6.45) is 5.15. The molecule has 0 amide bonds. The number of benzene rings is 1. The molecule has 0 bridgehead atoms. The third-order valence-corrected chi connectivity index (χ3v) is 4.16. The SMILES string of the molecule is Cl.Nc1nc2c(ncn2CCc2ccc(C3CC3)cc2)c(=O)[nH]1. The highest BCUT2D eigenvalue weighted by Gasteiger charge is 2.22. The second-order valence-electron chi connectivity index (χ2n) is 5.83. The van der Waals surface area contributed by atoms with E-state index in [1.165, 1.54) is 24.0 Å². The molecule has 0 aliphatic heterocycles. The van der Waals surface area contributed by atoms with Gasteiger partial charge in [0.1, 0.15) is 0 Å². The number of nitrogens with one attached hydrogen (secondary N) is 1. The minimum atomic E-state index is -0.296. The summed E-state index contributed by atoms with van der Waals surface area (Å²) >= 11 is 0. The van der Waals surface area contributed by atoms with E-state index >= 15 is 0 Å². The molecule has 0 radical (unpaired) electrons. The van der Waals surface area contributed by atoms with Crippen molar-refractivity contribution >= 4 is 29.5 Å². The Morgan fingerprint density at radius 3 is 2.70 bits per heavy atom. The first-order chi connectivity index (χ1) is 10.7. The molecule has 1 aliphatic rings. The maximum absolute atomic E-state index is 11.7. The summed E-state index contributed by atoms with van der Waals surface area (Å²) in [5.41, 5.74) is 8.89. The predicted octanol–water partition coefficient (Wildman–Crippen LogP) is 2.24. The molecule has 0 unspecified atom stereocenters. The summed E-state index contributed by atoms with van der Waals surface area (Å²) in [5.74, 6) is 0.901. The quantitative estimate of drug-likeness (QED) is 0.767. The number of H-pyrrole nitrogens is 1. The highest BCUT2D eigenvalue weighted by molar-refractivity contribution is 5.85. The number of hydrogen-bond acceptors (Lipinski definition) is 4. The first-order valence-electron chi connectivity index (χ1n) is 7.50. The zero-order chi connectivity index (χ0) is 15.1. The molecule has 7 heteroatoms. The normalized spacial score (nSPS) is 13.9. The van der Waals surface area contributed by atoms with Crippen LogP contribution in [0.4, 0.5) is 5.95 Å². The average molecular weight is 332 g/mol. The molecule has 0 spiro atoms. The molecule has 2 aromatic heterocycles. The maximum atomic E-state index is 11.7. The van der Waals surface area contributed by atoms with Gasteiger partial charge in [0.2, 0.25) is 5.95 Å². The van der Waals surface area contributed by atoms with Crippen molar-refractivity contribution in [3.63, 3.8) is 0 Å². The highest BCUT2D eigenvalue weighted by atomic mass is 35.5. The molecule has 23 heavy (non-hydrogen) atoms. The number of hydrogen-bond donors (Lipinski definition) is 2. The van der Waals surface area contributed by atoms with Crippen LogP contribution in [0.1, 0.15) is 29.9 Å². The molecule has 4 rings (SSSR count). The Morgan fingerprint density at radius 2 is 2.00 bits per heavy atom. The number of nitrogen functional groups attached to an aromatic ring is 1. The second kappa shape index (κ2) is 6.04. The van der Waals surface area contributed by atoms with Crippen LogP contribution in [0.5, 0.6) is 0 Å². The van der Waals surface area contributed by atoms with Gasteiger partial charge in [-0.3, -0.25) is 9.78 Å². The lowest BCUT2D eigenvalue weighted by atomic mass is 10.1. The summed E-state index contributed by atoms with van der Waals surface area (Å²) in [7, 11) is 0. The predicted molar refractivity (Wildman–Crippen MR) is 91.9 cm³/mol. The summed E-state index contributed by atoms with van der Waals surface area (Å²) in [6.45, 7) is 0.717. The van der Waals surface area contributed by atoms with Gasteiger partial charge in [-0.1, -0.05) is 24.3 Å². The van der Waals surface area contributed by atoms with Gasteiger partial charge in [-0.05, 0) is 36.3 Å². The summed E-state index contributed by atoms with van der Waals surface area (Å²) < 4.78 is 1.87. The zero-order valence-electron chi connectivity index (χ0n) is 12.5. The number of imidazole rings is 1. The molecule has 3 N–H and O–H groups in total. The topological polar surface area (TPSA) is 89.6 Å². The Hall–Kier alpha value is -2.34. The number of halogens is 1. The van der Waals surface area contributed by atoms with Crippen molar-refractivity contribution in [3.05, 3.63) is 52.1 Å². The second-order valence-corrected chi connectivity index (χ2v) is 5.83. The van der Waals surface area contributed by atoms with E-state index in [1.807, 2.05) is 4.57 Å². The van der Waals surface area contributed by atoms with Gasteiger partial charge < -0.3 is 10.3 Å². The minimum absolute atomic E-state index is 0. The average Bonchev–Trinajstić information content (AvgIpc) is 3.27. The lowest BCUT2D eigenvalue weighted by molar-refractivity contribution is 0.709. The van der Waals surface area contributed by atoms with Crippen LogP contribution in [-0.2, 0) is 13.0 Å². The van der Waals surface area contributed by atoms with Gasteiger partial charge in [-0.2, -0.15) is 4.98 Å². The number of rotatable bonds is 4. The van der Waals surface area contributed by atoms with Crippen LogP contribution in [0.3, 0.4) is 0 Å². The number of anilines is 1. The molecule has 0 saturated heterocycles. The molecular weight excluding hydrogens is 314 g/mol. The van der Waals surface area contributed by atoms with E-state index in [1.54, 1.807) is 6.33 Å². The van der Waals surface area contributed by atoms with Crippen molar-refractivity contribution in [1.29, 1.82) is 0 Å². The third-order valence-electron chi connectivity index (χ3n) is 4.16. The fourth-order valence-corrected chi connectivity index (χ4v) is 2.76. The van der Waals surface area contributed by atoms with Gasteiger partial charge >= 0.3 is 0 Å². The van der Waals surface area contributed by atoms with E-state index in [0.717, 1.165) is 18.9 Å². The molecule has 1 saturated carbocycles. The lowest BCUT2D eigenvalue weighted by Gasteiger charge is -2.05. The number of aryl methyl sites for hydroxylation is 2. The third kappa shape index (κ3) is 3.07. The van der Waals surface area contributed by atoms with Crippen LogP contribution < -0.4 is 11.3 Å². The number of nitrogens with zero attached hydrogens (tertiary/aromatic N) is 3. The molecule has 1 aliphatic carbocycles. The first-order valence-corrected chi connectivity index (χ1v) is 7.50. The van der Waals surface area contributed by atoms with Crippen LogP contribution in [0.25, 0.3) is 11.2 Å². The van der Waals surface area contributed by atoms with Crippen molar-refractivity contribution < 1.29 is 0 Å². The van der Waals surface area contributed by atoms with Gasteiger partial charge in [0.25, 0.3) is 5.56 Å². The van der Waals surface area contributed by atoms with E-state index in [2.05, 4.69) is 39.2 Å². The molecule has 0 atom stereocenters. The monoisotopic (exact) mass is 331 g/mol. The number of aromatic nitrogens is 4. The lowest BCUT2D eigenvalue weighted by Crippen LogP contribution is -2.12. The van der Waals surface area contributed by atoms with Crippen molar-refractivity contribution in [1.82, 2.24) is 19.5 Å². The Kier molecular flexibility index (Phi) is 4.09. The molecular formula is C16H18ClN5O. The fraction of sp³-hybridized carbons (Fsp3) is 0.312. The number of nitrogens with two attached hydrogens (primary N) is 1. The van der Waals surface area contributed by atoms with Crippen LogP contribution in [0, 0.1) is 0 Å². The van der Waals surface area contributed by atoms with E-state index in [9.17, 15) is 4.79 Å². The fourth-order valence-electron chi connectivity index (χ4n) is 2.76. The van der Waals surface area contributed by atoms with E-state index in [0.29, 0.717) is 11.2 Å². The van der Waals surface area contributed by atoms with Gasteiger partial charge in [0.05, 0.1) is 6.33 Å². The first kappa shape index (κ1) is 15.6. The van der Waals surface area contributed by atoms with Gasteiger partial charge in [-0.25, -0.2) is 4.98 Å². The van der Waals surface area contributed by atoms with Crippen LogP contribution in [-0.4, -0.2) is 19.5 Å². The Labute approximate surface area is 139 Å². The minimum Gasteiger partial charge on any atom is -0.369 e. The zero-order valence-corrected chi connectivity index (χ0v) is 13.3. The largest absolute Gasteiger partial charge is 0.369 e. The molecule has 3 aromatic rings. The van der Waals surface area contributed by atoms with Crippen LogP contribution in [0.15, 0.2) is 35.4 Å². The van der Waals surface area contributed by atoms with Crippen molar-refractivity contribution in [2.24, 2.45) is 0 Å². The number of aromatic amines is 1. The van der Waals surface area contributed by atoms with Gasteiger partial charge in [-0.15, -0.1) is 12.4 Å². The Morgan fingerprint density at radius 1 is 1.26 bits per heavy atom. The summed E-state index contributed by atoms with van der Waals surface area (Å²) in [6, 6.07) is 8.81. The molecule has 2 heterocycles. The van der Waals surface area contributed by atoms with Crippen molar-refractivity contribution in [3.8, 4) is 0 Å². The molecule has 120 valence electrons. The van der Waals surface area contributed by atoms with E-state index < -0.39 is 0 Å². The van der Waals surface area contributed by atoms with Crippen LogP contribution >= 0.6 is 12.4 Å². The molecule has 1 fully saturated rings. The molecule has 1 aromatic carbocycles. The summed E-state index contributed by atoms with van der Waals surface area (Å²) in [5, 5.41) is 0. The van der Waals surface area contributed by atoms with Crippen molar-refractivity contribution in [2.45, 2.75) is 31.7 Å². The van der Waals surface area contributed by atoms with Crippen molar-refractivity contribution in [2.75, 3.05) is 5.73 Å². The molecule has 6 nitrogen and oxygen atoms in total. The number of fused-ring (bicyclic) bond motifs is 1. The van der Waals surface area contributed by atoms with Gasteiger partial charge in [0.15, 0.2) is 11.2 Å². The smallest absolute Gasteiger partial charge is 0.280 e.